The van der Waals surface area contributed by atoms with Crippen LogP contribution < -0.4 is 0 Å². The molecular formula is C18H20FN3O3S. The number of rotatable bonds is 2. The molecule has 6 nitrogen and oxygen atoms in total. The Labute approximate surface area is 151 Å². The fraction of sp³-hybridized carbons (Fsp3) is 0.444. The van der Waals surface area contributed by atoms with Crippen LogP contribution in [0.15, 0.2) is 30.3 Å². The van der Waals surface area contributed by atoms with Crippen LogP contribution in [0.2, 0.25) is 0 Å². The number of halogens is 1. The normalized spacial score (nSPS) is 25.4. The molecule has 1 aromatic heterocycles. The van der Waals surface area contributed by atoms with Gasteiger partial charge in [-0.3, -0.25) is 9.69 Å². The second kappa shape index (κ2) is 6.28. The first-order valence-corrected chi connectivity index (χ1v) is 10.5. The van der Waals surface area contributed by atoms with Gasteiger partial charge in [-0.1, -0.05) is 25.1 Å². The van der Waals surface area contributed by atoms with Crippen LogP contribution in [0.1, 0.15) is 17.4 Å². The average molecular weight is 377 g/mol. The van der Waals surface area contributed by atoms with Crippen molar-refractivity contribution in [3.05, 3.63) is 41.8 Å². The third kappa shape index (κ3) is 2.87. The molecule has 3 heterocycles. The Hall–Kier alpha value is -2.06. The average Bonchev–Trinajstić information content (AvgIpc) is 2.95. The quantitative estimate of drug-likeness (QED) is 0.789. The van der Waals surface area contributed by atoms with Crippen molar-refractivity contribution in [2.45, 2.75) is 19.0 Å². The first-order chi connectivity index (χ1) is 12.4. The third-order valence-corrected chi connectivity index (χ3v) is 7.05. The Balaban J connectivity index is 1.69. The molecule has 2 atom stereocenters. The van der Waals surface area contributed by atoms with Gasteiger partial charge in [0.25, 0.3) is 5.91 Å². The summed E-state index contributed by atoms with van der Waals surface area (Å²) in [5, 5.41) is 0.624. The van der Waals surface area contributed by atoms with E-state index in [1.54, 1.807) is 29.2 Å². The monoisotopic (exact) mass is 377 g/mol. The van der Waals surface area contributed by atoms with Gasteiger partial charge >= 0.3 is 0 Å². The molecule has 0 unspecified atom stereocenters. The highest BCUT2D eigenvalue weighted by molar-refractivity contribution is 7.91. The van der Waals surface area contributed by atoms with E-state index in [9.17, 15) is 17.6 Å². The van der Waals surface area contributed by atoms with Crippen molar-refractivity contribution in [3.63, 3.8) is 0 Å². The molecule has 0 radical (unpaired) electrons. The number of para-hydroxylation sites is 1. The van der Waals surface area contributed by atoms with Crippen LogP contribution in [-0.4, -0.2) is 72.3 Å². The maximum absolute atomic E-state index is 14.0. The molecule has 0 N–H and O–H groups in total. The summed E-state index contributed by atoms with van der Waals surface area (Å²) in [4.78, 5) is 21.0. The van der Waals surface area contributed by atoms with E-state index in [0.717, 1.165) is 6.54 Å². The zero-order chi connectivity index (χ0) is 18.5. The molecule has 0 bridgehead atoms. The number of carbonyl (C=O) groups is 1. The number of amides is 1. The smallest absolute Gasteiger partial charge is 0.272 e. The standard InChI is InChI=1S/C18H20FN3O3S/c1-2-21-8-9-22(16-11-26(24,25)10-15(16)21)18(23)14-7-6-12-4-3-5-13(19)17(12)20-14/h3-7,15-16H,2,8-11H2,1H3/t15-,16+/m1/s1. The molecule has 2 saturated heterocycles. The Morgan fingerprint density at radius 3 is 2.73 bits per heavy atom. The van der Waals surface area contributed by atoms with E-state index in [1.807, 2.05) is 6.92 Å². The molecule has 2 aliphatic heterocycles. The molecule has 0 aliphatic carbocycles. The molecule has 0 saturated carbocycles. The van der Waals surface area contributed by atoms with Crippen molar-refractivity contribution >= 4 is 26.6 Å². The second-order valence-corrected chi connectivity index (χ2v) is 9.00. The Morgan fingerprint density at radius 2 is 1.96 bits per heavy atom. The summed E-state index contributed by atoms with van der Waals surface area (Å²) < 4.78 is 38.3. The SMILES string of the molecule is CCN1CCN(C(=O)c2ccc3cccc(F)c3n2)[C@H]2CS(=O)(=O)C[C@H]21. The minimum Gasteiger partial charge on any atom is -0.330 e. The van der Waals surface area contributed by atoms with Gasteiger partial charge in [0.15, 0.2) is 9.84 Å². The van der Waals surface area contributed by atoms with Crippen LogP contribution in [0.3, 0.4) is 0 Å². The van der Waals surface area contributed by atoms with Gasteiger partial charge in [0.05, 0.1) is 17.5 Å². The zero-order valence-corrected chi connectivity index (χ0v) is 15.2. The van der Waals surface area contributed by atoms with Crippen molar-refractivity contribution in [3.8, 4) is 0 Å². The van der Waals surface area contributed by atoms with Gasteiger partial charge < -0.3 is 4.90 Å². The van der Waals surface area contributed by atoms with Crippen molar-refractivity contribution in [2.24, 2.45) is 0 Å². The van der Waals surface area contributed by atoms with E-state index in [1.165, 1.54) is 6.07 Å². The summed E-state index contributed by atoms with van der Waals surface area (Å²) in [5.41, 5.74) is 0.303. The van der Waals surface area contributed by atoms with E-state index < -0.39 is 15.7 Å². The summed E-state index contributed by atoms with van der Waals surface area (Å²) in [7, 11) is -3.18. The molecule has 26 heavy (non-hydrogen) atoms. The largest absolute Gasteiger partial charge is 0.330 e. The first-order valence-electron chi connectivity index (χ1n) is 8.70. The topological polar surface area (TPSA) is 70.6 Å². The second-order valence-electron chi connectivity index (χ2n) is 6.85. The lowest BCUT2D eigenvalue weighted by atomic mass is 10.0. The predicted octanol–water partition coefficient (Wildman–Crippen LogP) is 1.32. The molecule has 138 valence electrons. The number of fused-ring (bicyclic) bond motifs is 2. The van der Waals surface area contributed by atoms with Gasteiger partial charge in [-0.25, -0.2) is 17.8 Å². The van der Waals surface area contributed by atoms with Crippen LogP contribution >= 0.6 is 0 Å². The summed E-state index contributed by atoms with van der Waals surface area (Å²) in [5.74, 6) is -0.760. The van der Waals surface area contributed by atoms with Crippen molar-refractivity contribution in [1.82, 2.24) is 14.8 Å². The summed E-state index contributed by atoms with van der Waals surface area (Å²) in [6.45, 7) is 3.81. The fourth-order valence-corrected chi connectivity index (χ4v) is 6.06. The molecule has 2 fully saturated rings. The molecule has 2 aliphatic rings. The molecule has 4 rings (SSSR count). The Kier molecular flexibility index (Phi) is 4.19. The van der Waals surface area contributed by atoms with E-state index in [4.69, 9.17) is 0 Å². The highest BCUT2D eigenvalue weighted by atomic mass is 32.2. The minimum absolute atomic E-state index is 0.0259. The number of sulfone groups is 1. The number of nitrogens with zero attached hydrogens (tertiary/aromatic N) is 3. The summed E-state index contributed by atoms with van der Waals surface area (Å²) in [6.07, 6.45) is 0. The maximum Gasteiger partial charge on any atom is 0.272 e. The van der Waals surface area contributed by atoms with Gasteiger partial charge in [0.1, 0.15) is 17.0 Å². The van der Waals surface area contributed by atoms with Crippen LogP contribution in [0, 0.1) is 5.82 Å². The minimum atomic E-state index is -3.18. The van der Waals surface area contributed by atoms with Crippen molar-refractivity contribution in [1.29, 1.82) is 0 Å². The van der Waals surface area contributed by atoms with Gasteiger partial charge in [-0.2, -0.15) is 0 Å². The lowest BCUT2D eigenvalue weighted by Gasteiger charge is -2.43. The highest BCUT2D eigenvalue weighted by Crippen LogP contribution is 2.28. The number of likely N-dealkylation sites (N-methyl/N-ethyl adjacent to an activating group) is 1. The van der Waals surface area contributed by atoms with Gasteiger partial charge in [-0.15, -0.1) is 0 Å². The number of piperazine rings is 1. The fourth-order valence-electron chi connectivity index (χ4n) is 4.05. The molecule has 1 amide bonds. The van der Waals surface area contributed by atoms with Gasteiger partial charge in [-0.05, 0) is 18.7 Å². The number of pyridine rings is 1. The number of benzene rings is 1. The Morgan fingerprint density at radius 1 is 1.19 bits per heavy atom. The number of aromatic nitrogens is 1. The van der Waals surface area contributed by atoms with Crippen molar-refractivity contribution in [2.75, 3.05) is 31.1 Å². The van der Waals surface area contributed by atoms with E-state index in [0.29, 0.717) is 18.5 Å². The summed E-state index contributed by atoms with van der Waals surface area (Å²) >= 11 is 0. The molecule has 8 heteroatoms. The molecule has 2 aromatic rings. The summed E-state index contributed by atoms with van der Waals surface area (Å²) in [6, 6.07) is 7.33. The van der Waals surface area contributed by atoms with Crippen LogP contribution in [0.4, 0.5) is 4.39 Å². The van der Waals surface area contributed by atoms with Crippen LogP contribution in [0.25, 0.3) is 10.9 Å². The third-order valence-electron chi connectivity index (χ3n) is 5.35. The number of carbonyl (C=O) groups excluding carboxylic acids is 1. The van der Waals surface area contributed by atoms with E-state index in [2.05, 4.69) is 9.88 Å². The van der Waals surface area contributed by atoms with E-state index in [-0.39, 0.29) is 40.7 Å². The van der Waals surface area contributed by atoms with Crippen molar-refractivity contribution < 1.29 is 17.6 Å². The molecular weight excluding hydrogens is 357 g/mol. The van der Waals surface area contributed by atoms with E-state index >= 15 is 0 Å². The van der Waals surface area contributed by atoms with Crippen LogP contribution in [-0.2, 0) is 9.84 Å². The maximum atomic E-state index is 14.0. The van der Waals surface area contributed by atoms with Gasteiger partial charge in [0.2, 0.25) is 0 Å². The molecule has 0 spiro atoms. The van der Waals surface area contributed by atoms with Crippen LogP contribution in [0.5, 0.6) is 0 Å². The Bertz CT molecular complexity index is 979. The zero-order valence-electron chi connectivity index (χ0n) is 14.4. The molecule has 1 aromatic carbocycles. The lowest BCUT2D eigenvalue weighted by molar-refractivity contribution is 0.0345. The lowest BCUT2D eigenvalue weighted by Crippen LogP contribution is -2.60. The highest BCUT2D eigenvalue weighted by Gasteiger charge is 2.47. The first kappa shape index (κ1) is 17.4. The van der Waals surface area contributed by atoms with Gasteiger partial charge in [0, 0.05) is 24.5 Å². The number of hydrogen-bond acceptors (Lipinski definition) is 5. The predicted molar refractivity (Wildman–Crippen MR) is 96.2 cm³/mol. The number of hydrogen-bond donors (Lipinski definition) is 0.